The summed E-state index contributed by atoms with van der Waals surface area (Å²) in [6.45, 7) is 3.90. The van der Waals surface area contributed by atoms with Gasteiger partial charge in [0.15, 0.2) is 0 Å². The molecule has 0 bridgehead atoms. The lowest BCUT2D eigenvalue weighted by atomic mass is 9.85. The fourth-order valence-corrected chi connectivity index (χ4v) is 2.38. The maximum Gasteiger partial charge on any atom is 0.236 e. The number of carbonyl (C=O) groups excluding carboxylic acids is 1. The lowest BCUT2D eigenvalue weighted by molar-refractivity contribution is -0.121. The SMILES string of the molecule is CN1C(=O)C(C)(C)c2cc(CCC#N)ccc21. The number of amides is 1. The fourth-order valence-electron chi connectivity index (χ4n) is 2.38. The van der Waals surface area contributed by atoms with Crippen molar-refractivity contribution >= 4 is 11.6 Å². The molecule has 1 aromatic rings. The van der Waals surface area contributed by atoms with Gasteiger partial charge < -0.3 is 4.90 Å². The fraction of sp³-hybridized carbons (Fsp3) is 0.429. The van der Waals surface area contributed by atoms with Crippen molar-refractivity contribution in [3.05, 3.63) is 29.3 Å². The Morgan fingerprint density at radius 2 is 2.12 bits per heavy atom. The predicted molar refractivity (Wildman–Crippen MR) is 66.8 cm³/mol. The summed E-state index contributed by atoms with van der Waals surface area (Å²) in [6.07, 6.45) is 1.26. The van der Waals surface area contributed by atoms with Crippen molar-refractivity contribution in [2.75, 3.05) is 11.9 Å². The Morgan fingerprint density at radius 1 is 1.41 bits per heavy atom. The molecule has 0 aliphatic carbocycles. The number of aryl methyl sites for hydroxylation is 1. The Bertz CT molecular complexity index is 511. The van der Waals surface area contributed by atoms with Crippen molar-refractivity contribution in [2.45, 2.75) is 32.1 Å². The van der Waals surface area contributed by atoms with Crippen LogP contribution in [0, 0.1) is 11.3 Å². The number of nitriles is 1. The summed E-state index contributed by atoms with van der Waals surface area (Å²) in [7, 11) is 1.81. The van der Waals surface area contributed by atoms with Gasteiger partial charge in [0.25, 0.3) is 0 Å². The van der Waals surface area contributed by atoms with Crippen LogP contribution in [-0.4, -0.2) is 13.0 Å². The number of carbonyl (C=O) groups is 1. The Morgan fingerprint density at radius 3 is 2.76 bits per heavy atom. The van der Waals surface area contributed by atoms with Crippen LogP contribution in [0.3, 0.4) is 0 Å². The number of rotatable bonds is 2. The van der Waals surface area contributed by atoms with E-state index in [0.717, 1.165) is 23.2 Å². The Labute approximate surface area is 102 Å². The van der Waals surface area contributed by atoms with E-state index in [-0.39, 0.29) is 5.91 Å². The maximum atomic E-state index is 12.1. The van der Waals surface area contributed by atoms with Gasteiger partial charge in [-0.25, -0.2) is 0 Å². The zero-order valence-corrected chi connectivity index (χ0v) is 10.4. The third-order valence-corrected chi connectivity index (χ3v) is 3.46. The standard InChI is InChI=1S/C14H16N2O/c1-14(2)11-9-10(5-4-8-15)6-7-12(11)16(3)13(14)17/h6-7,9H,4-5H2,1-3H3. The number of nitrogens with zero attached hydrogens (tertiary/aromatic N) is 2. The topological polar surface area (TPSA) is 44.1 Å². The van der Waals surface area contributed by atoms with Gasteiger partial charge in [-0.3, -0.25) is 4.79 Å². The molecule has 0 aromatic heterocycles. The Kier molecular flexibility index (Phi) is 2.66. The highest BCUT2D eigenvalue weighted by Gasteiger charge is 2.41. The van der Waals surface area contributed by atoms with Gasteiger partial charge in [-0.2, -0.15) is 5.26 Å². The number of anilines is 1. The van der Waals surface area contributed by atoms with Crippen molar-refractivity contribution in [1.82, 2.24) is 0 Å². The molecule has 0 unspecified atom stereocenters. The van der Waals surface area contributed by atoms with Crippen LogP contribution in [0.15, 0.2) is 18.2 Å². The van der Waals surface area contributed by atoms with Crippen molar-refractivity contribution in [2.24, 2.45) is 0 Å². The summed E-state index contributed by atoms with van der Waals surface area (Å²) in [5.41, 5.74) is 2.73. The van der Waals surface area contributed by atoms with Crippen LogP contribution < -0.4 is 4.90 Å². The molecule has 2 rings (SSSR count). The van der Waals surface area contributed by atoms with Crippen LogP contribution in [0.5, 0.6) is 0 Å². The van der Waals surface area contributed by atoms with Crippen molar-refractivity contribution in [1.29, 1.82) is 5.26 Å². The summed E-state index contributed by atoms with van der Waals surface area (Å²) >= 11 is 0. The molecule has 1 heterocycles. The van der Waals surface area contributed by atoms with Gasteiger partial charge in [-0.1, -0.05) is 12.1 Å². The highest BCUT2D eigenvalue weighted by molar-refractivity contribution is 6.07. The first-order chi connectivity index (χ1) is 7.98. The minimum atomic E-state index is -0.452. The van der Waals surface area contributed by atoms with E-state index in [0.29, 0.717) is 6.42 Å². The average Bonchev–Trinajstić information content (AvgIpc) is 2.49. The van der Waals surface area contributed by atoms with Gasteiger partial charge >= 0.3 is 0 Å². The van der Waals surface area contributed by atoms with Crippen molar-refractivity contribution in [3.63, 3.8) is 0 Å². The number of hydrogen-bond acceptors (Lipinski definition) is 2. The molecule has 1 amide bonds. The molecule has 1 aliphatic rings. The zero-order valence-electron chi connectivity index (χ0n) is 10.4. The molecule has 0 saturated carbocycles. The van der Waals surface area contributed by atoms with Crippen LogP contribution in [0.1, 0.15) is 31.4 Å². The Hall–Kier alpha value is -1.82. The van der Waals surface area contributed by atoms with E-state index in [1.54, 1.807) is 4.90 Å². The van der Waals surface area contributed by atoms with E-state index in [9.17, 15) is 4.79 Å². The second-order valence-electron chi connectivity index (χ2n) is 5.00. The highest BCUT2D eigenvalue weighted by atomic mass is 16.2. The summed E-state index contributed by atoms with van der Waals surface area (Å²) in [4.78, 5) is 13.8. The number of hydrogen-bond donors (Lipinski definition) is 0. The average molecular weight is 228 g/mol. The van der Waals surface area contributed by atoms with Crippen LogP contribution in [0.4, 0.5) is 5.69 Å². The van der Waals surface area contributed by atoms with Gasteiger partial charge in [0, 0.05) is 19.2 Å². The molecule has 0 atom stereocenters. The van der Waals surface area contributed by atoms with E-state index in [2.05, 4.69) is 12.1 Å². The first-order valence-electron chi connectivity index (χ1n) is 5.77. The van der Waals surface area contributed by atoms with Gasteiger partial charge in [0.05, 0.1) is 11.5 Å². The lowest BCUT2D eigenvalue weighted by Crippen LogP contribution is -2.33. The third kappa shape index (κ3) is 1.70. The molecule has 0 radical (unpaired) electrons. The second kappa shape index (κ2) is 3.89. The predicted octanol–water partition coefficient (Wildman–Crippen LogP) is 2.40. The van der Waals surface area contributed by atoms with Crippen molar-refractivity contribution < 1.29 is 4.79 Å². The number of fused-ring (bicyclic) bond motifs is 1. The first-order valence-corrected chi connectivity index (χ1v) is 5.77. The van der Waals surface area contributed by atoms with Crippen LogP contribution in [0.25, 0.3) is 0 Å². The first kappa shape index (κ1) is 11.7. The van der Waals surface area contributed by atoms with E-state index >= 15 is 0 Å². The molecule has 0 fully saturated rings. The molecule has 88 valence electrons. The van der Waals surface area contributed by atoms with Gasteiger partial charge in [0.2, 0.25) is 5.91 Å². The molecule has 1 aliphatic heterocycles. The van der Waals surface area contributed by atoms with Crippen LogP contribution >= 0.6 is 0 Å². The molecule has 17 heavy (non-hydrogen) atoms. The molecule has 3 nitrogen and oxygen atoms in total. The highest BCUT2D eigenvalue weighted by Crippen LogP contribution is 2.41. The minimum Gasteiger partial charge on any atom is -0.314 e. The van der Waals surface area contributed by atoms with Gasteiger partial charge in [-0.15, -0.1) is 0 Å². The molecular weight excluding hydrogens is 212 g/mol. The van der Waals surface area contributed by atoms with E-state index in [1.165, 1.54) is 0 Å². The summed E-state index contributed by atoms with van der Waals surface area (Å²) in [6, 6.07) is 8.19. The largest absolute Gasteiger partial charge is 0.314 e. The summed E-state index contributed by atoms with van der Waals surface area (Å²) < 4.78 is 0. The normalized spacial score (nSPS) is 16.8. The third-order valence-electron chi connectivity index (χ3n) is 3.46. The second-order valence-corrected chi connectivity index (χ2v) is 5.00. The summed E-state index contributed by atoms with van der Waals surface area (Å²) in [5, 5.41) is 8.60. The van der Waals surface area contributed by atoms with Gasteiger partial charge in [0.1, 0.15) is 0 Å². The monoisotopic (exact) mass is 228 g/mol. The minimum absolute atomic E-state index is 0.130. The number of likely N-dealkylation sites (N-methyl/N-ethyl adjacent to an activating group) is 1. The quantitative estimate of drug-likeness (QED) is 0.780. The maximum absolute atomic E-state index is 12.1. The molecule has 0 saturated heterocycles. The van der Waals surface area contributed by atoms with E-state index in [4.69, 9.17) is 5.26 Å². The van der Waals surface area contributed by atoms with Crippen LogP contribution in [0.2, 0.25) is 0 Å². The molecule has 0 N–H and O–H groups in total. The Balaban J connectivity index is 2.44. The molecule has 0 spiro atoms. The number of benzene rings is 1. The lowest BCUT2D eigenvalue weighted by Gasteiger charge is -2.16. The zero-order chi connectivity index (χ0) is 12.6. The smallest absolute Gasteiger partial charge is 0.236 e. The molecule has 1 aromatic carbocycles. The summed E-state index contributed by atoms with van der Waals surface area (Å²) in [5.74, 6) is 0.130. The van der Waals surface area contributed by atoms with Gasteiger partial charge in [-0.05, 0) is 37.5 Å². The molecular formula is C14H16N2O. The van der Waals surface area contributed by atoms with Crippen molar-refractivity contribution in [3.8, 4) is 6.07 Å². The van der Waals surface area contributed by atoms with E-state index in [1.807, 2.05) is 33.0 Å². The van der Waals surface area contributed by atoms with E-state index < -0.39 is 5.41 Å². The molecule has 3 heteroatoms. The van der Waals surface area contributed by atoms with Crippen LogP contribution in [-0.2, 0) is 16.6 Å².